The van der Waals surface area contributed by atoms with E-state index in [1.807, 2.05) is 6.92 Å². The first-order valence-electron chi connectivity index (χ1n) is 6.47. The van der Waals surface area contributed by atoms with E-state index < -0.39 is 4.92 Å². The Kier molecular flexibility index (Phi) is 4.90. The number of hydrogen-bond donors (Lipinski definition) is 1. The summed E-state index contributed by atoms with van der Waals surface area (Å²) in [4.78, 5) is 10.4. The third-order valence-electron chi connectivity index (χ3n) is 3.17. The van der Waals surface area contributed by atoms with Crippen LogP contribution in [0.15, 0.2) is 46.9 Å². The minimum absolute atomic E-state index is 0.0281. The Bertz CT molecular complexity index is 644. The summed E-state index contributed by atoms with van der Waals surface area (Å²) >= 11 is 3.30. The van der Waals surface area contributed by atoms with Crippen molar-refractivity contribution in [3.8, 4) is 0 Å². The van der Waals surface area contributed by atoms with Gasteiger partial charge in [-0.05, 0) is 40.0 Å². The van der Waals surface area contributed by atoms with Crippen LogP contribution in [0.5, 0.6) is 0 Å². The second-order valence-corrected chi connectivity index (χ2v) is 5.41. The van der Waals surface area contributed by atoms with E-state index in [-0.39, 0.29) is 17.5 Å². The molecule has 2 rings (SSSR count). The summed E-state index contributed by atoms with van der Waals surface area (Å²) in [6, 6.07) is 10.9. The van der Waals surface area contributed by atoms with Crippen molar-refractivity contribution in [1.29, 1.82) is 0 Å². The topological polar surface area (TPSA) is 55.2 Å². The van der Waals surface area contributed by atoms with Crippen LogP contribution in [0.25, 0.3) is 0 Å². The van der Waals surface area contributed by atoms with Crippen LogP contribution in [-0.2, 0) is 0 Å². The van der Waals surface area contributed by atoms with E-state index in [9.17, 15) is 14.5 Å². The highest BCUT2D eigenvalue weighted by Crippen LogP contribution is 2.31. The highest BCUT2D eigenvalue weighted by atomic mass is 79.9. The van der Waals surface area contributed by atoms with Gasteiger partial charge in [-0.25, -0.2) is 4.39 Å². The maximum atomic E-state index is 13.9. The molecule has 4 nitrogen and oxygen atoms in total. The van der Waals surface area contributed by atoms with Crippen LogP contribution < -0.4 is 5.32 Å². The number of nitro benzene ring substituents is 1. The summed E-state index contributed by atoms with van der Waals surface area (Å²) < 4.78 is 14.5. The van der Waals surface area contributed by atoms with Gasteiger partial charge < -0.3 is 5.32 Å². The molecule has 0 aromatic heterocycles. The van der Waals surface area contributed by atoms with E-state index in [4.69, 9.17) is 0 Å². The van der Waals surface area contributed by atoms with Gasteiger partial charge in [0.1, 0.15) is 5.82 Å². The predicted octanol–water partition coefficient (Wildman–Crippen LogP) is 5.06. The zero-order chi connectivity index (χ0) is 15.4. The first kappa shape index (κ1) is 15.4. The third kappa shape index (κ3) is 3.58. The fraction of sp³-hybridized carbons (Fsp3) is 0.200. The number of hydrogen-bond acceptors (Lipinski definition) is 3. The highest BCUT2D eigenvalue weighted by molar-refractivity contribution is 9.10. The van der Waals surface area contributed by atoms with Crippen molar-refractivity contribution < 1.29 is 9.31 Å². The molecular weight excluding hydrogens is 339 g/mol. The van der Waals surface area contributed by atoms with E-state index >= 15 is 0 Å². The lowest BCUT2D eigenvalue weighted by molar-refractivity contribution is -0.384. The van der Waals surface area contributed by atoms with Crippen molar-refractivity contribution >= 4 is 27.3 Å². The molecule has 0 bridgehead atoms. The molecule has 1 atom stereocenters. The van der Waals surface area contributed by atoms with E-state index in [1.165, 1.54) is 18.2 Å². The Balaban J connectivity index is 2.32. The van der Waals surface area contributed by atoms with Crippen LogP contribution in [0, 0.1) is 15.9 Å². The van der Waals surface area contributed by atoms with Crippen LogP contribution in [0.3, 0.4) is 0 Å². The molecule has 0 radical (unpaired) electrons. The Morgan fingerprint density at radius 2 is 2.05 bits per heavy atom. The summed E-state index contributed by atoms with van der Waals surface area (Å²) in [6.07, 6.45) is 0.669. The molecule has 0 aliphatic rings. The number of rotatable bonds is 5. The molecule has 0 spiro atoms. The van der Waals surface area contributed by atoms with Crippen molar-refractivity contribution in [2.24, 2.45) is 0 Å². The molecule has 6 heteroatoms. The van der Waals surface area contributed by atoms with Crippen molar-refractivity contribution in [2.75, 3.05) is 5.32 Å². The molecule has 2 aromatic rings. The Hall–Kier alpha value is -1.95. The van der Waals surface area contributed by atoms with Crippen molar-refractivity contribution in [3.63, 3.8) is 0 Å². The summed E-state index contributed by atoms with van der Waals surface area (Å²) in [6.45, 7) is 1.94. The van der Waals surface area contributed by atoms with Crippen molar-refractivity contribution in [3.05, 3.63) is 68.4 Å². The van der Waals surface area contributed by atoms with Crippen LogP contribution in [0.4, 0.5) is 15.8 Å². The Labute approximate surface area is 130 Å². The molecule has 0 amide bonds. The van der Waals surface area contributed by atoms with Gasteiger partial charge in [-0.2, -0.15) is 0 Å². The molecule has 1 unspecified atom stereocenters. The van der Waals surface area contributed by atoms with Gasteiger partial charge in [0, 0.05) is 16.6 Å². The Morgan fingerprint density at radius 1 is 1.33 bits per heavy atom. The summed E-state index contributed by atoms with van der Waals surface area (Å²) in [7, 11) is 0. The molecule has 110 valence electrons. The molecule has 2 aromatic carbocycles. The normalized spacial score (nSPS) is 12.0. The van der Waals surface area contributed by atoms with Crippen LogP contribution in [-0.4, -0.2) is 4.92 Å². The fourth-order valence-electron chi connectivity index (χ4n) is 2.09. The zero-order valence-electron chi connectivity index (χ0n) is 11.3. The fourth-order valence-corrected chi connectivity index (χ4v) is 2.54. The zero-order valence-corrected chi connectivity index (χ0v) is 12.9. The molecule has 0 aliphatic heterocycles. The number of non-ortho nitro benzene ring substituents is 1. The minimum atomic E-state index is -0.435. The number of anilines is 1. The van der Waals surface area contributed by atoms with E-state index in [1.54, 1.807) is 24.3 Å². The predicted molar refractivity (Wildman–Crippen MR) is 83.9 cm³/mol. The largest absolute Gasteiger partial charge is 0.375 e. The third-order valence-corrected chi connectivity index (χ3v) is 3.83. The van der Waals surface area contributed by atoms with Gasteiger partial charge in [0.15, 0.2) is 0 Å². The van der Waals surface area contributed by atoms with E-state index in [0.29, 0.717) is 16.6 Å². The van der Waals surface area contributed by atoms with Gasteiger partial charge >= 0.3 is 0 Å². The monoisotopic (exact) mass is 352 g/mol. The number of nitrogens with one attached hydrogen (secondary N) is 1. The van der Waals surface area contributed by atoms with Gasteiger partial charge in [-0.1, -0.05) is 25.1 Å². The van der Waals surface area contributed by atoms with E-state index in [0.717, 1.165) is 5.56 Å². The smallest absolute Gasteiger partial charge is 0.269 e. The average Bonchev–Trinajstić information content (AvgIpc) is 2.47. The van der Waals surface area contributed by atoms with Crippen molar-refractivity contribution in [2.45, 2.75) is 19.4 Å². The molecule has 0 fully saturated rings. The molecule has 0 saturated carbocycles. The second-order valence-electron chi connectivity index (χ2n) is 4.55. The van der Waals surface area contributed by atoms with Gasteiger partial charge in [0.25, 0.3) is 5.69 Å². The lowest BCUT2D eigenvalue weighted by Gasteiger charge is -2.20. The molecule has 0 saturated heterocycles. The minimum Gasteiger partial charge on any atom is -0.375 e. The molecule has 21 heavy (non-hydrogen) atoms. The summed E-state index contributed by atoms with van der Waals surface area (Å²) in [5.74, 6) is -0.367. The second kappa shape index (κ2) is 6.67. The summed E-state index contributed by atoms with van der Waals surface area (Å²) in [5, 5.41) is 14.0. The molecule has 0 aliphatic carbocycles. The molecule has 1 N–H and O–H groups in total. The first-order valence-corrected chi connectivity index (χ1v) is 7.27. The number of nitro groups is 1. The standard InChI is InChI=1S/C15H14BrFN2O2/c1-2-14(10-5-3-6-11(9-10)19(20)21)18-15-12(16)7-4-8-13(15)17/h3-9,14,18H,2H2,1H3. The SMILES string of the molecule is CCC(Nc1c(F)cccc1Br)c1cccc([N+](=O)[O-])c1. The first-order chi connectivity index (χ1) is 10.0. The van der Waals surface area contributed by atoms with Gasteiger partial charge in [0.2, 0.25) is 0 Å². The lowest BCUT2D eigenvalue weighted by Crippen LogP contribution is -2.11. The summed E-state index contributed by atoms with van der Waals surface area (Å²) in [5.41, 5.74) is 1.14. The highest BCUT2D eigenvalue weighted by Gasteiger charge is 2.16. The average molecular weight is 353 g/mol. The van der Waals surface area contributed by atoms with Crippen LogP contribution in [0.2, 0.25) is 0 Å². The van der Waals surface area contributed by atoms with E-state index in [2.05, 4.69) is 21.2 Å². The Morgan fingerprint density at radius 3 is 2.67 bits per heavy atom. The maximum Gasteiger partial charge on any atom is 0.269 e. The van der Waals surface area contributed by atoms with Crippen molar-refractivity contribution in [1.82, 2.24) is 0 Å². The maximum absolute atomic E-state index is 13.9. The van der Waals surface area contributed by atoms with Crippen LogP contribution in [0.1, 0.15) is 24.9 Å². The number of nitrogens with zero attached hydrogens (tertiary/aromatic N) is 1. The lowest BCUT2D eigenvalue weighted by atomic mass is 10.0. The quantitative estimate of drug-likeness (QED) is 0.604. The van der Waals surface area contributed by atoms with Gasteiger partial charge in [0.05, 0.1) is 16.7 Å². The molecule has 0 heterocycles. The van der Waals surface area contributed by atoms with Gasteiger partial charge in [-0.3, -0.25) is 10.1 Å². The van der Waals surface area contributed by atoms with Crippen LogP contribution >= 0.6 is 15.9 Å². The number of halogens is 2. The molecular formula is C15H14BrFN2O2. The number of benzene rings is 2. The van der Waals surface area contributed by atoms with Gasteiger partial charge in [-0.15, -0.1) is 0 Å². The number of para-hydroxylation sites is 1.